The summed E-state index contributed by atoms with van der Waals surface area (Å²) in [7, 11) is -2.34. The van der Waals surface area contributed by atoms with E-state index in [0.29, 0.717) is 5.75 Å². The Balaban J connectivity index is 1.59. The fourth-order valence-corrected chi connectivity index (χ4v) is 5.50. The van der Waals surface area contributed by atoms with Gasteiger partial charge in [-0.1, -0.05) is 44.2 Å². The highest BCUT2D eigenvalue weighted by atomic mass is 32.2. The highest BCUT2D eigenvalue weighted by Gasteiger charge is 2.35. The third kappa shape index (κ3) is 6.71. The van der Waals surface area contributed by atoms with Gasteiger partial charge >= 0.3 is 0 Å². The number of methoxy groups -OCH3 is 1. The highest BCUT2D eigenvalue weighted by molar-refractivity contribution is 8.18. The molecule has 0 aromatic heterocycles. The summed E-state index contributed by atoms with van der Waals surface area (Å²) in [6, 6.07) is 13.8. The number of carbonyl (C=O) groups excluding carboxylic acids is 3. The van der Waals surface area contributed by atoms with E-state index in [2.05, 4.69) is 10.0 Å². The largest absolute Gasteiger partial charge is 0.497 e. The van der Waals surface area contributed by atoms with Crippen LogP contribution in [0.3, 0.4) is 0 Å². The van der Waals surface area contributed by atoms with E-state index < -0.39 is 33.1 Å². The van der Waals surface area contributed by atoms with Gasteiger partial charge in [-0.25, -0.2) is 8.42 Å². The number of imide groups is 1. The van der Waals surface area contributed by atoms with E-state index in [1.807, 2.05) is 0 Å². The van der Waals surface area contributed by atoms with Gasteiger partial charge in [0.15, 0.2) is 0 Å². The number of amides is 3. The molecule has 0 unspecified atom stereocenters. The predicted octanol–water partition coefficient (Wildman–Crippen LogP) is 2.85. The fraction of sp³-hybridized carbons (Fsp3) is 0.292. The Kier molecular flexibility index (Phi) is 8.71. The zero-order chi connectivity index (χ0) is 25.6. The molecule has 2 aromatic rings. The lowest BCUT2D eigenvalue weighted by Crippen LogP contribution is -2.50. The van der Waals surface area contributed by atoms with Crippen molar-refractivity contribution in [1.29, 1.82) is 0 Å². The molecule has 0 saturated carbocycles. The van der Waals surface area contributed by atoms with E-state index >= 15 is 0 Å². The molecule has 2 aromatic carbocycles. The zero-order valence-corrected chi connectivity index (χ0v) is 21.2. The van der Waals surface area contributed by atoms with Crippen molar-refractivity contribution in [3.05, 3.63) is 65.1 Å². The number of carbonyl (C=O) groups is 3. The van der Waals surface area contributed by atoms with E-state index in [4.69, 9.17) is 4.74 Å². The smallest absolute Gasteiger partial charge is 0.293 e. The Morgan fingerprint density at radius 1 is 1.09 bits per heavy atom. The molecule has 11 heteroatoms. The van der Waals surface area contributed by atoms with Crippen LogP contribution in [0.2, 0.25) is 0 Å². The number of ether oxygens (including phenoxy) is 1. The third-order valence-corrected chi connectivity index (χ3v) is 7.57. The normalized spacial score (nSPS) is 16.1. The van der Waals surface area contributed by atoms with E-state index in [9.17, 15) is 22.8 Å². The van der Waals surface area contributed by atoms with Gasteiger partial charge in [-0.3, -0.25) is 19.3 Å². The summed E-state index contributed by atoms with van der Waals surface area (Å²) in [6.07, 6.45) is 1.62. The summed E-state index contributed by atoms with van der Waals surface area (Å²) in [6.45, 7) is 3.39. The molecule has 1 heterocycles. The SMILES string of the molecule is COc1ccc(C=C2SC(=O)N(CCNC(=O)[C@@H](NS(=O)(=O)c3ccccc3)C(C)C)C2=O)cc1. The van der Waals surface area contributed by atoms with Gasteiger partial charge in [0.2, 0.25) is 15.9 Å². The maximum absolute atomic E-state index is 12.7. The number of hydrogen-bond acceptors (Lipinski definition) is 7. The molecule has 1 fully saturated rings. The van der Waals surface area contributed by atoms with Crippen LogP contribution in [0.15, 0.2) is 64.4 Å². The van der Waals surface area contributed by atoms with Gasteiger partial charge in [0.1, 0.15) is 11.8 Å². The number of sulfonamides is 1. The second-order valence-corrected chi connectivity index (χ2v) is 10.8. The molecule has 186 valence electrons. The van der Waals surface area contributed by atoms with Crippen molar-refractivity contribution in [3.63, 3.8) is 0 Å². The van der Waals surface area contributed by atoms with E-state index in [1.54, 1.807) is 69.5 Å². The number of thioether (sulfide) groups is 1. The van der Waals surface area contributed by atoms with Crippen LogP contribution in [0.5, 0.6) is 5.75 Å². The first-order chi connectivity index (χ1) is 16.6. The van der Waals surface area contributed by atoms with Crippen molar-refractivity contribution in [3.8, 4) is 5.75 Å². The van der Waals surface area contributed by atoms with Gasteiger partial charge in [0, 0.05) is 13.1 Å². The number of nitrogens with one attached hydrogen (secondary N) is 2. The van der Waals surface area contributed by atoms with Crippen LogP contribution in [0, 0.1) is 5.92 Å². The fourth-order valence-electron chi connectivity index (χ4n) is 3.27. The molecule has 3 amide bonds. The Bertz CT molecular complexity index is 1210. The Morgan fingerprint density at radius 2 is 1.74 bits per heavy atom. The summed E-state index contributed by atoms with van der Waals surface area (Å²) < 4.78 is 32.8. The van der Waals surface area contributed by atoms with Gasteiger partial charge in [-0.2, -0.15) is 4.72 Å². The molecule has 1 saturated heterocycles. The minimum absolute atomic E-state index is 0.0109. The van der Waals surface area contributed by atoms with Crippen molar-refractivity contribution < 1.29 is 27.5 Å². The molecule has 1 aliphatic rings. The molecule has 35 heavy (non-hydrogen) atoms. The van der Waals surface area contributed by atoms with Crippen molar-refractivity contribution in [2.24, 2.45) is 5.92 Å². The monoisotopic (exact) mass is 517 g/mol. The van der Waals surface area contributed by atoms with Crippen molar-refractivity contribution in [2.75, 3.05) is 20.2 Å². The Labute approximate surface area is 209 Å². The average molecular weight is 518 g/mol. The molecule has 1 aliphatic heterocycles. The molecular formula is C24H27N3O6S2. The van der Waals surface area contributed by atoms with Gasteiger partial charge in [-0.05, 0) is 53.6 Å². The van der Waals surface area contributed by atoms with Crippen molar-refractivity contribution >= 4 is 44.9 Å². The number of rotatable bonds is 10. The van der Waals surface area contributed by atoms with Crippen LogP contribution >= 0.6 is 11.8 Å². The number of hydrogen-bond donors (Lipinski definition) is 2. The van der Waals surface area contributed by atoms with E-state index in [-0.39, 0.29) is 28.8 Å². The molecular weight excluding hydrogens is 490 g/mol. The number of nitrogens with zero attached hydrogens (tertiary/aromatic N) is 1. The first-order valence-electron chi connectivity index (χ1n) is 10.9. The highest BCUT2D eigenvalue weighted by Crippen LogP contribution is 2.32. The lowest BCUT2D eigenvalue weighted by atomic mass is 10.1. The van der Waals surface area contributed by atoms with Gasteiger partial charge in [0.25, 0.3) is 11.1 Å². The van der Waals surface area contributed by atoms with Crippen LogP contribution in [-0.2, 0) is 19.6 Å². The summed E-state index contributed by atoms with van der Waals surface area (Å²) in [5, 5.41) is 2.19. The van der Waals surface area contributed by atoms with Gasteiger partial charge < -0.3 is 10.1 Å². The summed E-state index contributed by atoms with van der Waals surface area (Å²) in [5.74, 6) is -0.648. The summed E-state index contributed by atoms with van der Waals surface area (Å²) >= 11 is 0.825. The summed E-state index contributed by atoms with van der Waals surface area (Å²) in [4.78, 5) is 39.2. The first-order valence-corrected chi connectivity index (χ1v) is 13.2. The third-order valence-electron chi connectivity index (χ3n) is 5.21. The standard InChI is InChI=1S/C24H27N3O6S2/c1-16(2)21(26-35(31,32)19-7-5-4-6-8-19)22(28)25-13-14-27-23(29)20(34-24(27)30)15-17-9-11-18(33-3)12-10-17/h4-12,15-16,21,26H,13-14H2,1-3H3,(H,25,28)/t21-/m0/s1. The Morgan fingerprint density at radius 3 is 2.34 bits per heavy atom. The molecule has 9 nitrogen and oxygen atoms in total. The van der Waals surface area contributed by atoms with E-state index in [0.717, 1.165) is 22.2 Å². The van der Waals surface area contributed by atoms with E-state index in [1.165, 1.54) is 12.1 Å². The molecule has 3 rings (SSSR count). The lowest BCUT2D eigenvalue weighted by Gasteiger charge is -2.22. The molecule has 0 spiro atoms. The lowest BCUT2D eigenvalue weighted by molar-refractivity contribution is -0.125. The average Bonchev–Trinajstić information content (AvgIpc) is 3.10. The molecule has 0 radical (unpaired) electrons. The van der Waals surface area contributed by atoms with Gasteiger partial charge in [-0.15, -0.1) is 0 Å². The van der Waals surface area contributed by atoms with Crippen LogP contribution in [0.1, 0.15) is 19.4 Å². The topological polar surface area (TPSA) is 122 Å². The second kappa shape index (κ2) is 11.5. The van der Waals surface area contributed by atoms with Crippen molar-refractivity contribution in [2.45, 2.75) is 24.8 Å². The Hall–Kier alpha value is -3.15. The van der Waals surface area contributed by atoms with Crippen LogP contribution in [-0.4, -0.2) is 56.6 Å². The van der Waals surface area contributed by atoms with Gasteiger partial charge in [0.05, 0.1) is 16.9 Å². The molecule has 0 bridgehead atoms. The number of benzene rings is 2. The molecule has 0 aliphatic carbocycles. The molecule has 1 atom stereocenters. The zero-order valence-electron chi connectivity index (χ0n) is 19.6. The maximum Gasteiger partial charge on any atom is 0.293 e. The summed E-state index contributed by atoms with van der Waals surface area (Å²) in [5.41, 5.74) is 0.745. The maximum atomic E-state index is 12.7. The predicted molar refractivity (Wildman–Crippen MR) is 134 cm³/mol. The minimum atomic E-state index is -3.90. The van der Waals surface area contributed by atoms with Crippen LogP contribution < -0.4 is 14.8 Å². The first kappa shape index (κ1) is 26.5. The minimum Gasteiger partial charge on any atom is -0.497 e. The van der Waals surface area contributed by atoms with Crippen LogP contribution in [0.25, 0.3) is 6.08 Å². The second-order valence-electron chi connectivity index (χ2n) is 8.05. The quantitative estimate of drug-likeness (QED) is 0.465. The van der Waals surface area contributed by atoms with Crippen LogP contribution in [0.4, 0.5) is 4.79 Å². The van der Waals surface area contributed by atoms with Crippen molar-refractivity contribution in [1.82, 2.24) is 14.9 Å². The molecule has 2 N–H and O–H groups in total.